The molecule has 1 fully saturated rings. The molecule has 6 nitrogen and oxygen atoms in total. The number of sulfone groups is 1. The van der Waals surface area contributed by atoms with Crippen LogP contribution in [0.4, 0.5) is 5.69 Å². The molecule has 1 atom stereocenters. The van der Waals surface area contributed by atoms with E-state index in [9.17, 15) is 8.42 Å². The highest BCUT2D eigenvalue weighted by molar-refractivity contribution is 7.90. The molecule has 2 heterocycles. The molecule has 0 bridgehead atoms. The van der Waals surface area contributed by atoms with Crippen molar-refractivity contribution in [2.45, 2.75) is 18.1 Å². The van der Waals surface area contributed by atoms with Crippen LogP contribution in [-0.2, 0) is 9.84 Å². The molecule has 0 amide bonds. The van der Waals surface area contributed by atoms with Crippen molar-refractivity contribution in [3.8, 4) is 0 Å². The first-order valence-corrected chi connectivity index (χ1v) is 10.0. The largest absolute Gasteiger partial charge is 0.354 e. The molecule has 0 aliphatic carbocycles. The molecule has 3 rings (SSSR count). The van der Waals surface area contributed by atoms with Crippen LogP contribution in [0.3, 0.4) is 0 Å². The molecule has 0 aromatic heterocycles. The summed E-state index contributed by atoms with van der Waals surface area (Å²) in [5, 5.41) is 9.24. The molecule has 23 heavy (non-hydrogen) atoms. The van der Waals surface area contributed by atoms with Gasteiger partial charge in [-0.25, -0.2) is 8.42 Å². The molecule has 126 valence electrons. The lowest BCUT2D eigenvalue weighted by molar-refractivity contribution is 0.358. The number of hydrogen-bond donors (Lipinski definition) is 3. The fraction of sp³-hybridized carbons (Fsp3) is 0.562. The van der Waals surface area contributed by atoms with Gasteiger partial charge in [0, 0.05) is 18.5 Å². The van der Waals surface area contributed by atoms with E-state index in [1.165, 1.54) is 6.26 Å². The molecule has 3 N–H and O–H groups in total. The maximum atomic E-state index is 12.3. The van der Waals surface area contributed by atoms with Gasteiger partial charge < -0.3 is 16.0 Å². The molecule has 0 radical (unpaired) electrons. The van der Waals surface area contributed by atoms with Gasteiger partial charge in [0.2, 0.25) is 0 Å². The summed E-state index contributed by atoms with van der Waals surface area (Å²) in [5.74, 6) is 0.960. The van der Waals surface area contributed by atoms with Crippen molar-refractivity contribution >= 4 is 21.5 Å². The van der Waals surface area contributed by atoms with Crippen LogP contribution in [0.1, 0.15) is 23.7 Å². The first-order valence-electron chi connectivity index (χ1n) is 8.09. The van der Waals surface area contributed by atoms with Crippen LogP contribution in [0.5, 0.6) is 0 Å². The second kappa shape index (κ2) is 6.88. The maximum absolute atomic E-state index is 12.3. The Hall–Kier alpha value is -1.60. The van der Waals surface area contributed by atoms with Crippen molar-refractivity contribution in [3.05, 3.63) is 29.8 Å². The van der Waals surface area contributed by atoms with Crippen LogP contribution >= 0.6 is 0 Å². The summed E-state index contributed by atoms with van der Waals surface area (Å²) < 4.78 is 24.7. The van der Waals surface area contributed by atoms with Crippen molar-refractivity contribution in [1.82, 2.24) is 10.6 Å². The summed E-state index contributed by atoms with van der Waals surface area (Å²) in [6.07, 6.45) is 3.15. The Balaban J connectivity index is 1.79. The molecule has 0 saturated carbocycles. The summed E-state index contributed by atoms with van der Waals surface area (Å²) in [7, 11) is -3.14. The Morgan fingerprint density at radius 3 is 2.43 bits per heavy atom. The lowest BCUT2D eigenvalue weighted by Crippen LogP contribution is -2.33. The highest BCUT2D eigenvalue weighted by Crippen LogP contribution is 2.35. The SMILES string of the molecule is CS(=O)(=O)C(c1ccc(NC2=NCCN2)cc1)C1CCNCC1. The monoisotopic (exact) mass is 336 g/mol. The molecule has 2 aliphatic rings. The molecule has 1 saturated heterocycles. The number of nitrogens with one attached hydrogen (secondary N) is 3. The Labute approximate surface area is 137 Å². The van der Waals surface area contributed by atoms with E-state index < -0.39 is 15.1 Å². The summed E-state index contributed by atoms with van der Waals surface area (Å²) in [6.45, 7) is 3.42. The van der Waals surface area contributed by atoms with E-state index in [0.717, 1.165) is 56.2 Å². The van der Waals surface area contributed by atoms with Gasteiger partial charge in [-0.15, -0.1) is 0 Å². The first kappa shape index (κ1) is 16.3. The number of anilines is 1. The number of rotatable bonds is 4. The van der Waals surface area contributed by atoms with Gasteiger partial charge in [-0.05, 0) is 49.5 Å². The van der Waals surface area contributed by atoms with E-state index in [2.05, 4.69) is 20.9 Å². The summed E-state index contributed by atoms with van der Waals surface area (Å²) in [6, 6.07) is 7.70. The minimum absolute atomic E-state index is 0.186. The molecule has 0 spiro atoms. The molecule has 2 aliphatic heterocycles. The molecular formula is C16H24N4O2S. The van der Waals surface area contributed by atoms with Gasteiger partial charge >= 0.3 is 0 Å². The van der Waals surface area contributed by atoms with E-state index in [0.29, 0.717) is 0 Å². The van der Waals surface area contributed by atoms with Gasteiger partial charge in [-0.1, -0.05) is 12.1 Å². The van der Waals surface area contributed by atoms with Crippen molar-refractivity contribution in [2.24, 2.45) is 10.9 Å². The third-order valence-corrected chi connectivity index (χ3v) is 6.03. The average molecular weight is 336 g/mol. The number of benzene rings is 1. The number of hydrogen-bond acceptors (Lipinski definition) is 6. The smallest absolute Gasteiger partial charge is 0.195 e. The molecule has 1 aromatic rings. The molecular weight excluding hydrogens is 312 g/mol. The molecule has 1 unspecified atom stereocenters. The highest BCUT2D eigenvalue weighted by Gasteiger charge is 2.32. The maximum Gasteiger partial charge on any atom is 0.195 e. The van der Waals surface area contributed by atoms with Crippen molar-refractivity contribution in [3.63, 3.8) is 0 Å². The van der Waals surface area contributed by atoms with Gasteiger partial charge in [0.25, 0.3) is 0 Å². The fourth-order valence-electron chi connectivity index (χ4n) is 3.39. The number of guanidine groups is 1. The Bertz CT molecular complexity index is 664. The third kappa shape index (κ3) is 4.03. The lowest BCUT2D eigenvalue weighted by Gasteiger charge is -2.30. The first-order chi connectivity index (χ1) is 11.0. The van der Waals surface area contributed by atoms with Crippen LogP contribution in [0.2, 0.25) is 0 Å². The van der Waals surface area contributed by atoms with Gasteiger partial charge in [-0.2, -0.15) is 0 Å². The zero-order valence-corrected chi connectivity index (χ0v) is 14.2. The Morgan fingerprint density at radius 2 is 1.87 bits per heavy atom. The quantitative estimate of drug-likeness (QED) is 0.768. The summed E-state index contributed by atoms with van der Waals surface area (Å²) in [5.41, 5.74) is 1.80. The van der Waals surface area contributed by atoms with Gasteiger partial charge in [0.1, 0.15) is 0 Å². The average Bonchev–Trinajstić information content (AvgIpc) is 3.02. The van der Waals surface area contributed by atoms with Crippen molar-refractivity contribution < 1.29 is 8.42 Å². The lowest BCUT2D eigenvalue weighted by atomic mass is 9.90. The normalized spacial score (nSPS) is 20.7. The van der Waals surface area contributed by atoms with E-state index >= 15 is 0 Å². The van der Waals surface area contributed by atoms with Gasteiger partial charge in [0.15, 0.2) is 15.8 Å². The Morgan fingerprint density at radius 1 is 1.17 bits per heavy atom. The standard InChI is InChI=1S/C16H24N4O2S/c1-23(21,22)15(13-6-8-17-9-7-13)12-2-4-14(5-3-12)20-16-18-10-11-19-16/h2-5,13,15,17H,6-11H2,1H3,(H2,18,19,20). The fourth-order valence-corrected chi connectivity index (χ4v) is 5.01. The summed E-state index contributed by atoms with van der Waals surface area (Å²) >= 11 is 0. The topological polar surface area (TPSA) is 82.6 Å². The Kier molecular flexibility index (Phi) is 4.87. The van der Waals surface area contributed by atoms with Crippen LogP contribution < -0.4 is 16.0 Å². The molecule has 7 heteroatoms. The number of aliphatic imine (C=N–C) groups is 1. The number of nitrogens with zero attached hydrogens (tertiary/aromatic N) is 1. The van der Waals surface area contributed by atoms with Crippen LogP contribution in [0.25, 0.3) is 0 Å². The zero-order chi connectivity index (χ0) is 16.3. The van der Waals surface area contributed by atoms with Crippen molar-refractivity contribution in [1.29, 1.82) is 0 Å². The summed E-state index contributed by atoms with van der Waals surface area (Å²) in [4.78, 5) is 4.29. The van der Waals surface area contributed by atoms with E-state index in [4.69, 9.17) is 0 Å². The van der Waals surface area contributed by atoms with Gasteiger partial charge in [-0.3, -0.25) is 4.99 Å². The van der Waals surface area contributed by atoms with E-state index in [-0.39, 0.29) is 5.92 Å². The minimum atomic E-state index is -3.14. The van der Waals surface area contributed by atoms with E-state index in [1.807, 2.05) is 24.3 Å². The van der Waals surface area contributed by atoms with Crippen molar-refractivity contribution in [2.75, 3.05) is 37.8 Å². The third-order valence-electron chi connectivity index (χ3n) is 4.45. The minimum Gasteiger partial charge on any atom is -0.354 e. The predicted molar refractivity (Wildman–Crippen MR) is 93.5 cm³/mol. The second-order valence-corrected chi connectivity index (χ2v) is 8.41. The predicted octanol–water partition coefficient (Wildman–Crippen LogP) is 1.14. The van der Waals surface area contributed by atoms with E-state index in [1.54, 1.807) is 0 Å². The number of piperidine rings is 1. The zero-order valence-electron chi connectivity index (χ0n) is 13.4. The van der Waals surface area contributed by atoms with Crippen LogP contribution in [0.15, 0.2) is 29.3 Å². The van der Waals surface area contributed by atoms with Crippen LogP contribution in [0, 0.1) is 5.92 Å². The second-order valence-electron chi connectivity index (χ2n) is 6.24. The highest BCUT2D eigenvalue weighted by atomic mass is 32.2. The van der Waals surface area contributed by atoms with Crippen LogP contribution in [-0.4, -0.2) is 46.8 Å². The molecule has 1 aromatic carbocycles. The van der Waals surface area contributed by atoms with Gasteiger partial charge in [0.05, 0.1) is 11.8 Å².